The maximum absolute atomic E-state index is 12.3. The lowest BCUT2D eigenvalue weighted by molar-refractivity contribution is -0.140. The number of fused-ring (bicyclic) bond motifs is 5. The van der Waals surface area contributed by atoms with Gasteiger partial charge in [0.05, 0.1) is 54.0 Å². The number of rotatable bonds is 8. The average molecular weight is 657 g/mol. The van der Waals surface area contributed by atoms with Gasteiger partial charge in [0.2, 0.25) is 0 Å². The van der Waals surface area contributed by atoms with Crippen LogP contribution in [0.3, 0.4) is 0 Å². The molecule has 1 aromatic carbocycles. The molecule has 0 spiro atoms. The Morgan fingerprint density at radius 2 is 1.73 bits per heavy atom. The molecule has 252 valence electrons. The highest BCUT2D eigenvalue weighted by Gasteiger charge is 2.41. The molecule has 8 nitrogen and oxygen atoms in total. The van der Waals surface area contributed by atoms with E-state index in [1.54, 1.807) is 0 Å². The number of carbonyl (C=O) groups is 1. The number of methoxy groups -OCH3 is 1. The van der Waals surface area contributed by atoms with Gasteiger partial charge in [0.1, 0.15) is 5.76 Å². The van der Waals surface area contributed by atoms with Crippen LogP contribution in [0.1, 0.15) is 72.8 Å². The number of esters is 1. The predicted molar refractivity (Wildman–Crippen MR) is 194 cm³/mol. The first-order chi connectivity index (χ1) is 23.6. The normalized spacial score (nSPS) is 23.5. The van der Waals surface area contributed by atoms with Crippen LogP contribution < -0.4 is 5.32 Å². The molecule has 7 rings (SSSR count). The molecule has 8 bridgehead atoms. The first kappa shape index (κ1) is 32.7. The molecule has 2 N–H and O–H groups in total. The van der Waals surface area contributed by atoms with Crippen molar-refractivity contribution in [1.82, 2.24) is 5.32 Å². The van der Waals surface area contributed by atoms with Crippen molar-refractivity contribution in [1.29, 1.82) is 0 Å². The largest absolute Gasteiger partial charge is 0.511 e. The zero-order valence-corrected chi connectivity index (χ0v) is 29.4. The quantitative estimate of drug-likeness (QED) is 0.275. The number of nitrogens with zero attached hydrogens (tertiary/aromatic N) is 3. The lowest BCUT2D eigenvalue weighted by Gasteiger charge is -2.17. The van der Waals surface area contributed by atoms with Crippen LogP contribution in [0.25, 0.3) is 0 Å². The van der Waals surface area contributed by atoms with Crippen molar-refractivity contribution in [3.63, 3.8) is 0 Å². The minimum atomic E-state index is -0.237. The Kier molecular flexibility index (Phi) is 8.61. The summed E-state index contributed by atoms with van der Waals surface area (Å²) < 4.78 is 11.5. The van der Waals surface area contributed by atoms with Gasteiger partial charge in [0, 0.05) is 52.8 Å². The SMILES string of the molecule is CCC1=C(C)C2=NC1=CC1=C(C)C3=C(O)CC(=C4NC(=CC5=NC(=C2)C(C(C)OCc2ccccc2)=C5C)[C@@H](C)[C@@H]4CCC(=O)OC)C3=N1. The van der Waals surface area contributed by atoms with E-state index in [1.165, 1.54) is 12.7 Å². The topological polar surface area (TPSA) is 105 Å². The fraction of sp³-hybridized carbons (Fsp3) is 0.366. The molecule has 0 saturated carbocycles. The Balaban J connectivity index is 1.39. The molecule has 1 aliphatic carbocycles. The Morgan fingerprint density at radius 1 is 1.00 bits per heavy atom. The average Bonchev–Trinajstić information content (AvgIpc) is 3.85. The second kappa shape index (κ2) is 12.9. The van der Waals surface area contributed by atoms with Gasteiger partial charge in [-0.1, -0.05) is 44.2 Å². The maximum atomic E-state index is 12.3. The summed E-state index contributed by atoms with van der Waals surface area (Å²) in [5.74, 6) is 0.148. The molecule has 1 aromatic rings. The van der Waals surface area contributed by atoms with Crippen LogP contribution in [0.2, 0.25) is 0 Å². The molecular formula is C41H44N4O4. The standard InChI is InChI=1S/C41H44N4O4/c1-8-27-21(2)30-19-35-38(25(6)49-20-26-12-10-9-11-13-26)23(4)32(43-35)17-31-22(3)28(14-15-37(47)48-7)40(44-31)29-16-36(46)39-24(5)33(45-41(29)39)18-34(27)42-30/h9-13,17-19,22,25,28,44,46H,8,14-16,20H2,1-7H3/t22-,25?,28-/m0/s1. The molecule has 5 aliphatic heterocycles. The summed E-state index contributed by atoms with van der Waals surface area (Å²) in [4.78, 5) is 27.9. The smallest absolute Gasteiger partial charge is 0.305 e. The van der Waals surface area contributed by atoms with Crippen LogP contribution in [0.5, 0.6) is 0 Å². The summed E-state index contributed by atoms with van der Waals surface area (Å²) in [6.07, 6.45) is 8.20. The summed E-state index contributed by atoms with van der Waals surface area (Å²) in [5, 5.41) is 15.1. The first-order valence-electron chi connectivity index (χ1n) is 17.3. The van der Waals surface area contributed by atoms with Gasteiger partial charge in [-0.25, -0.2) is 15.0 Å². The van der Waals surface area contributed by atoms with Gasteiger partial charge in [-0.15, -0.1) is 0 Å². The number of hydrogen-bond donors (Lipinski definition) is 2. The van der Waals surface area contributed by atoms with E-state index in [-0.39, 0.29) is 23.9 Å². The van der Waals surface area contributed by atoms with Crippen molar-refractivity contribution >= 4 is 23.1 Å². The molecule has 1 saturated heterocycles. The molecule has 3 atom stereocenters. The number of hydrogen-bond acceptors (Lipinski definition) is 8. The van der Waals surface area contributed by atoms with Gasteiger partial charge in [-0.3, -0.25) is 4.79 Å². The van der Waals surface area contributed by atoms with Crippen LogP contribution in [0.4, 0.5) is 0 Å². The van der Waals surface area contributed by atoms with E-state index < -0.39 is 0 Å². The van der Waals surface area contributed by atoms with Crippen molar-refractivity contribution in [3.05, 3.63) is 127 Å². The van der Waals surface area contributed by atoms with Crippen molar-refractivity contribution < 1.29 is 19.4 Å². The molecule has 0 aromatic heterocycles. The second-order valence-corrected chi connectivity index (χ2v) is 13.6. The summed E-state index contributed by atoms with van der Waals surface area (Å²) in [5.41, 5.74) is 15.3. The summed E-state index contributed by atoms with van der Waals surface area (Å²) >= 11 is 0. The van der Waals surface area contributed by atoms with Crippen LogP contribution in [-0.2, 0) is 20.9 Å². The van der Waals surface area contributed by atoms with Gasteiger partial charge < -0.3 is 19.9 Å². The molecular weight excluding hydrogens is 612 g/mol. The highest BCUT2D eigenvalue weighted by molar-refractivity contribution is 6.21. The molecule has 1 unspecified atom stereocenters. The van der Waals surface area contributed by atoms with E-state index in [0.717, 1.165) is 91.0 Å². The molecule has 8 heteroatoms. The molecule has 6 aliphatic rings. The number of carbonyl (C=O) groups excluding carboxylic acids is 1. The second-order valence-electron chi connectivity index (χ2n) is 13.6. The third-order valence-corrected chi connectivity index (χ3v) is 10.7. The van der Waals surface area contributed by atoms with Gasteiger partial charge in [0.15, 0.2) is 0 Å². The van der Waals surface area contributed by atoms with Gasteiger partial charge >= 0.3 is 5.97 Å². The highest BCUT2D eigenvalue weighted by atomic mass is 16.5. The zero-order chi connectivity index (χ0) is 34.6. The Labute approximate surface area is 288 Å². The first-order valence-corrected chi connectivity index (χ1v) is 17.3. The molecule has 49 heavy (non-hydrogen) atoms. The number of allylic oxidation sites excluding steroid dienone is 11. The van der Waals surface area contributed by atoms with Gasteiger partial charge in [0.25, 0.3) is 0 Å². The number of nitrogens with one attached hydrogen (secondary N) is 1. The third-order valence-electron chi connectivity index (χ3n) is 10.7. The number of aliphatic hydroxyl groups excluding tert-OH is 1. The van der Waals surface area contributed by atoms with Crippen LogP contribution in [-0.4, -0.2) is 41.4 Å². The number of ether oxygens (including phenoxy) is 2. The molecule has 0 radical (unpaired) electrons. The van der Waals surface area contributed by atoms with E-state index in [9.17, 15) is 9.90 Å². The summed E-state index contributed by atoms with van der Waals surface area (Å²) in [6.45, 7) is 13.2. The van der Waals surface area contributed by atoms with Crippen molar-refractivity contribution in [2.24, 2.45) is 26.8 Å². The van der Waals surface area contributed by atoms with E-state index in [1.807, 2.05) is 25.1 Å². The van der Waals surface area contributed by atoms with Crippen molar-refractivity contribution in [2.75, 3.05) is 7.11 Å². The monoisotopic (exact) mass is 656 g/mol. The fourth-order valence-corrected chi connectivity index (χ4v) is 7.89. The number of aliphatic hydroxyl groups is 1. The molecule has 1 fully saturated rings. The Morgan fingerprint density at radius 3 is 2.47 bits per heavy atom. The van der Waals surface area contributed by atoms with E-state index in [2.05, 4.69) is 70.3 Å². The molecule has 5 heterocycles. The number of aliphatic imine (C=N–C) groups is 3. The maximum Gasteiger partial charge on any atom is 0.305 e. The van der Waals surface area contributed by atoms with Gasteiger partial charge in [-0.2, -0.15) is 0 Å². The lowest BCUT2D eigenvalue weighted by Crippen LogP contribution is -2.16. The van der Waals surface area contributed by atoms with Crippen LogP contribution >= 0.6 is 0 Å². The number of benzene rings is 1. The van der Waals surface area contributed by atoms with Gasteiger partial charge in [-0.05, 0) is 86.6 Å². The Bertz CT molecular complexity index is 2010. The minimum Gasteiger partial charge on any atom is -0.511 e. The summed E-state index contributed by atoms with van der Waals surface area (Å²) in [6, 6.07) is 10.2. The summed E-state index contributed by atoms with van der Waals surface area (Å²) in [7, 11) is 1.43. The zero-order valence-electron chi connectivity index (χ0n) is 29.4. The molecule has 0 amide bonds. The van der Waals surface area contributed by atoms with Crippen LogP contribution in [0, 0.1) is 11.8 Å². The Hall–Kier alpha value is -4.82. The van der Waals surface area contributed by atoms with Crippen molar-refractivity contribution in [2.45, 2.75) is 79.9 Å². The van der Waals surface area contributed by atoms with E-state index in [0.29, 0.717) is 31.6 Å². The predicted octanol–water partition coefficient (Wildman–Crippen LogP) is 8.22. The fourth-order valence-electron chi connectivity index (χ4n) is 7.89. The van der Waals surface area contributed by atoms with Crippen LogP contribution in [0.15, 0.2) is 137 Å². The minimum absolute atomic E-state index is 0.00124. The van der Waals surface area contributed by atoms with E-state index >= 15 is 0 Å². The highest BCUT2D eigenvalue weighted by Crippen LogP contribution is 2.46. The van der Waals surface area contributed by atoms with E-state index in [4.69, 9.17) is 24.5 Å². The lowest BCUT2D eigenvalue weighted by atomic mass is 9.86. The third kappa shape index (κ3) is 5.72. The van der Waals surface area contributed by atoms with Crippen molar-refractivity contribution in [3.8, 4) is 0 Å².